The van der Waals surface area contributed by atoms with Crippen molar-refractivity contribution in [2.45, 2.75) is 20.8 Å². The Kier molecular flexibility index (Phi) is 9.12. The average Bonchev–Trinajstić information content (AvgIpc) is 2.71. The van der Waals surface area contributed by atoms with E-state index in [9.17, 15) is 4.79 Å². The van der Waals surface area contributed by atoms with Crippen LogP contribution in [0.15, 0.2) is 40.9 Å². The summed E-state index contributed by atoms with van der Waals surface area (Å²) in [5.74, 6) is 2.14. The Labute approximate surface area is 180 Å². The largest absolute Gasteiger partial charge is 0.492 e. The maximum atomic E-state index is 12.9. The van der Waals surface area contributed by atoms with E-state index in [-0.39, 0.29) is 5.91 Å². The molecule has 158 valence electrons. The lowest BCUT2D eigenvalue weighted by Gasteiger charge is -2.20. The first-order chi connectivity index (χ1) is 14.0. The van der Waals surface area contributed by atoms with Crippen LogP contribution in [0.5, 0.6) is 23.0 Å². The Morgan fingerprint density at radius 2 is 1.45 bits per heavy atom. The van der Waals surface area contributed by atoms with Crippen molar-refractivity contribution in [1.82, 2.24) is 4.90 Å². The van der Waals surface area contributed by atoms with Gasteiger partial charge in [-0.3, -0.25) is 4.79 Å². The van der Waals surface area contributed by atoms with Crippen LogP contribution >= 0.6 is 15.9 Å². The standard InChI is InChI=1S/C22H28BrNO5/c1-5-26-19-14-16(15-20(27-6-2)21(19)28-7-3)22(25)24(4)12-13-29-18-10-8-17(23)9-11-18/h8-11,14-15H,5-7,12-13H2,1-4H3. The maximum absolute atomic E-state index is 12.9. The second-order valence-corrected chi connectivity index (χ2v) is 7.05. The third-order valence-corrected chi connectivity index (χ3v) is 4.54. The zero-order valence-corrected chi connectivity index (χ0v) is 19.0. The van der Waals surface area contributed by atoms with Crippen molar-refractivity contribution in [2.75, 3.05) is 40.0 Å². The smallest absolute Gasteiger partial charge is 0.253 e. The van der Waals surface area contributed by atoms with Crippen molar-refractivity contribution in [3.63, 3.8) is 0 Å². The Morgan fingerprint density at radius 3 is 1.97 bits per heavy atom. The molecule has 1 amide bonds. The molecule has 0 aliphatic heterocycles. The van der Waals surface area contributed by atoms with Crippen LogP contribution in [-0.2, 0) is 0 Å². The van der Waals surface area contributed by atoms with Crippen LogP contribution in [0.2, 0.25) is 0 Å². The second kappa shape index (κ2) is 11.6. The van der Waals surface area contributed by atoms with Gasteiger partial charge in [0, 0.05) is 17.1 Å². The number of hydrogen-bond donors (Lipinski definition) is 0. The molecule has 0 fully saturated rings. The fraction of sp³-hybridized carbons (Fsp3) is 0.409. The number of carbonyl (C=O) groups is 1. The Morgan fingerprint density at radius 1 is 0.897 bits per heavy atom. The molecule has 2 rings (SSSR count). The van der Waals surface area contributed by atoms with Gasteiger partial charge < -0.3 is 23.8 Å². The van der Waals surface area contributed by atoms with E-state index in [2.05, 4.69) is 15.9 Å². The van der Waals surface area contributed by atoms with E-state index in [1.165, 1.54) is 0 Å². The van der Waals surface area contributed by atoms with Gasteiger partial charge in [-0.1, -0.05) is 15.9 Å². The van der Waals surface area contributed by atoms with Crippen LogP contribution in [0.3, 0.4) is 0 Å². The molecule has 29 heavy (non-hydrogen) atoms. The number of halogens is 1. The van der Waals surface area contributed by atoms with Gasteiger partial charge in [0.05, 0.1) is 26.4 Å². The molecule has 2 aromatic rings. The molecule has 6 nitrogen and oxygen atoms in total. The predicted octanol–water partition coefficient (Wildman–Crippen LogP) is 4.80. The summed E-state index contributed by atoms with van der Waals surface area (Å²) in [7, 11) is 1.74. The molecule has 0 heterocycles. The normalized spacial score (nSPS) is 10.4. The summed E-state index contributed by atoms with van der Waals surface area (Å²) in [6.07, 6.45) is 0. The van der Waals surface area contributed by atoms with Crippen LogP contribution in [0, 0.1) is 0 Å². The Balaban J connectivity index is 2.11. The zero-order chi connectivity index (χ0) is 21.2. The summed E-state index contributed by atoms with van der Waals surface area (Å²) in [5, 5.41) is 0. The molecular weight excluding hydrogens is 438 g/mol. The van der Waals surface area contributed by atoms with Gasteiger partial charge in [0.2, 0.25) is 5.75 Å². The first kappa shape index (κ1) is 22.9. The minimum Gasteiger partial charge on any atom is -0.492 e. The van der Waals surface area contributed by atoms with Crippen molar-refractivity contribution >= 4 is 21.8 Å². The third-order valence-electron chi connectivity index (χ3n) is 4.01. The molecule has 0 saturated heterocycles. The summed E-state index contributed by atoms with van der Waals surface area (Å²) in [4.78, 5) is 14.5. The first-order valence-corrected chi connectivity index (χ1v) is 10.5. The summed E-state index contributed by atoms with van der Waals surface area (Å²) < 4.78 is 23.8. The minimum absolute atomic E-state index is 0.144. The fourth-order valence-electron chi connectivity index (χ4n) is 2.67. The number of benzene rings is 2. The molecule has 0 aromatic heterocycles. The molecular formula is C22H28BrNO5. The highest BCUT2D eigenvalue weighted by Crippen LogP contribution is 2.39. The van der Waals surface area contributed by atoms with Gasteiger partial charge >= 0.3 is 0 Å². The molecule has 0 unspecified atom stereocenters. The number of nitrogens with zero attached hydrogens (tertiary/aromatic N) is 1. The summed E-state index contributed by atoms with van der Waals surface area (Å²) >= 11 is 3.39. The minimum atomic E-state index is -0.144. The fourth-order valence-corrected chi connectivity index (χ4v) is 2.93. The van der Waals surface area contributed by atoms with Gasteiger partial charge in [-0.2, -0.15) is 0 Å². The van der Waals surface area contributed by atoms with E-state index in [1.54, 1.807) is 24.1 Å². The topological polar surface area (TPSA) is 57.2 Å². The summed E-state index contributed by atoms with van der Waals surface area (Å²) in [6.45, 7) is 7.88. The number of ether oxygens (including phenoxy) is 4. The van der Waals surface area contributed by atoms with Crippen LogP contribution in [0.4, 0.5) is 0 Å². The van der Waals surface area contributed by atoms with Crippen LogP contribution < -0.4 is 18.9 Å². The molecule has 0 N–H and O–H groups in total. The Hall–Kier alpha value is -2.41. The van der Waals surface area contributed by atoms with E-state index in [4.69, 9.17) is 18.9 Å². The van der Waals surface area contributed by atoms with E-state index >= 15 is 0 Å². The monoisotopic (exact) mass is 465 g/mol. The van der Waals surface area contributed by atoms with Crippen molar-refractivity contribution in [2.24, 2.45) is 0 Å². The highest BCUT2D eigenvalue weighted by Gasteiger charge is 2.20. The summed E-state index contributed by atoms with van der Waals surface area (Å²) in [5.41, 5.74) is 0.478. The van der Waals surface area contributed by atoms with Gasteiger partial charge in [0.15, 0.2) is 11.5 Å². The lowest BCUT2D eigenvalue weighted by Crippen LogP contribution is -2.31. The highest BCUT2D eigenvalue weighted by atomic mass is 79.9. The maximum Gasteiger partial charge on any atom is 0.253 e. The molecule has 2 aromatic carbocycles. The molecule has 0 aliphatic rings. The SMILES string of the molecule is CCOc1cc(C(=O)N(C)CCOc2ccc(Br)cc2)cc(OCC)c1OCC. The quantitative estimate of drug-likeness (QED) is 0.477. The summed E-state index contributed by atoms with van der Waals surface area (Å²) in [6, 6.07) is 11.0. The molecule has 0 saturated carbocycles. The number of likely N-dealkylation sites (N-methyl/N-ethyl adjacent to an activating group) is 1. The van der Waals surface area contributed by atoms with Crippen molar-refractivity contribution < 1.29 is 23.7 Å². The second-order valence-electron chi connectivity index (χ2n) is 6.13. The van der Waals surface area contributed by atoms with Gasteiger partial charge in [-0.15, -0.1) is 0 Å². The molecule has 0 spiro atoms. The van der Waals surface area contributed by atoms with Gasteiger partial charge in [-0.25, -0.2) is 0 Å². The third kappa shape index (κ3) is 6.56. The van der Waals surface area contributed by atoms with Crippen LogP contribution in [0.1, 0.15) is 31.1 Å². The van der Waals surface area contributed by atoms with Crippen LogP contribution in [-0.4, -0.2) is 50.8 Å². The van der Waals surface area contributed by atoms with Crippen molar-refractivity contribution in [1.29, 1.82) is 0 Å². The van der Waals surface area contributed by atoms with Gasteiger partial charge in [0.1, 0.15) is 12.4 Å². The number of hydrogen-bond acceptors (Lipinski definition) is 5. The first-order valence-electron chi connectivity index (χ1n) is 9.70. The molecule has 7 heteroatoms. The number of carbonyl (C=O) groups excluding carboxylic acids is 1. The molecule has 0 bridgehead atoms. The van der Waals surface area contributed by atoms with E-state index < -0.39 is 0 Å². The number of amides is 1. The van der Waals surface area contributed by atoms with E-state index in [0.717, 1.165) is 10.2 Å². The van der Waals surface area contributed by atoms with Gasteiger partial charge in [-0.05, 0) is 57.2 Å². The van der Waals surface area contributed by atoms with E-state index in [1.807, 2.05) is 45.0 Å². The lowest BCUT2D eigenvalue weighted by atomic mass is 10.1. The highest BCUT2D eigenvalue weighted by molar-refractivity contribution is 9.10. The molecule has 0 aliphatic carbocycles. The van der Waals surface area contributed by atoms with Crippen molar-refractivity contribution in [3.8, 4) is 23.0 Å². The predicted molar refractivity (Wildman–Crippen MR) is 117 cm³/mol. The van der Waals surface area contributed by atoms with Crippen molar-refractivity contribution in [3.05, 3.63) is 46.4 Å². The van der Waals surface area contributed by atoms with Crippen LogP contribution in [0.25, 0.3) is 0 Å². The lowest BCUT2D eigenvalue weighted by molar-refractivity contribution is 0.0772. The van der Waals surface area contributed by atoms with Gasteiger partial charge in [0.25, 0.3) is 5.91 Å². The average molecular weight is 466 g/mol. The Bertz CT molecular complexity index is 767. The van der Waals surface area contributed by atoms with E-state index in [0.29, 0.717) is 55.8 Å². The molecule has 0 radical (unpaired) electrons. The zero-order valence-electron chi connectivity index (χ0n) is 17.4. The number of rotatable bonds is 11. The molecule has 0 atom stereocenters.